The summed E-state index contributed by atoms with van der Waals surface area (Å²) in [5.74, 6) is -2.56. The Balaban J connectivity index is 2.00. The first-order valence-corrected chi connectivity index (χ1v) is 12.6. The molecule has 8 nitrogen and oxygen atoms in total. The van der Waals surface area contributed by atoms with Crippen LogP contribution in [-0.4, -0.2) is 51.3 Å². The molecule has 3 atom stereocenters. The van der Waals surface area contributed by atoms with E-state index < -0.39 is 23.8 Å². The van der Waals surface area contributed by atoms with Gasteiger partial charge in [0, 0.05) is 29.5 Å². The van der Waals surface area contributed by atoms with Crippen molar-refractivity contribution in [2.75, 3.05) is 33.5 Å². The van der Waals surface area contributed by atoms with E-state index in [0.717, 1.165) is 24.1 Å². The van der Waals surface area contributed by atoms with Gasteiger partial charge in [0.05, 0.1) is 25.9 Å². The average molecular weight is 500 g/mol. The highest BCUT2D eigenvalue weighted by Gasteiger charge is 2.47. The van der Waals surface area contributed by atoms with Gasteiger partial charge in [-0.15, -0.1) is 0 Å². The van der Waals surface area contributed by atoms with E-state index in [9.17, 15) is 14.4 Å². The molecule has 1 aliphatic heterocycles. The molecule has 1 N–H and O–H groups in total. The van der Waals surface area contributed by atoms with Crippen molar-refractivity contribution in [1.29, 1.82) is 0 Å². The quantitative estimate of drug-likeness (QED) is 0.276. The van der Waals surface area contributed by atoms with Crippen molar-refractivity contribution in [2.45, 2.75) is 52.9 Å². The van der Waals surface area contributed by atoms with Crippen LogP contribution >= 0.6 is 0 Å². The van der Waals surface area contributed by atoms with Gasteiger partial charge in [-0.1, -0.05) is 32.9 Å². The second-order valence-electron chi connectivity index (χ2n) is 9.20. The number of benzene rings is 1. The van der Waals surface area contributed by atoms with Gasteiger partial charge in [0.2, 0.25) is 0 Å². The van der Waals surface area contributed by atoms with Crippen molar-refractivity contribution in [3.63, 3.8) is 0 Å². The third kappa shape index (κ3) is 5.98. The van der Waals surface area contributed by atoms with E-state index in [1.807, 2.05) is 45.0 Å². The van der Waals surface area contributed by atoms with Crippen molar-refractivity contribution in [2.24, 2.45) is 11.8 Å². The van der Waals surface area contributed by atoms with Crippen molar-refractivity contribution >= 4 is 17.7 Å². The fourth-order valence-electron chi connectivity index (χ4n) is 4.78. The summed E-state index contributed by atoms with van der Waals surface area (Å²) in [5.41, 5.74) is 2.85. The molecule has 0 saturated carbocycles. The summed E-state index contributed by atoms with van der Waals surface area (Å²) in [6, 6.07) is 7.37. The van der Waals surface area contributed by atoms with Gasteiger partial charge < -0.3 is 24.3 Å². The monoisotopic (exact) mass is 499 g/mol. The maximum atomic E-state index is 13.8. The number of Topliss-reactive ketones (excluding diaryl/α,β-unsaturated/α-hetero) is 1. The Morgan fingerprint density at radius 3 is 2.36 bits per heavy atom. The summed E-state index contributed by atoms with van der Waals surface area (Å²) in [5, 5.41) is 3.27. The summed E-state index contributed by atoms with van der Waals surface area (Å²) >= 11 is 0. The van der Waals surface area contributed by atoms with E-state index in [0.29, 0.717) is 48.8 Å². The third-order valence-corrected chi connectivity index (χ3v) is 6.46. The van der Waals surface area contributed by atoms with Crippen LogP contribution in [0.2, 0.25) is 0 Å². The van der Waals surface area contributed by atoms with Gasteiger partial charge in [0.25, 0.3) is 0 Å². The van der Waals surface area contributed by atoms with Gasteiger partial charge >= 0.3 is 11.9 Å². The lowest BCUT2D eigenvalue weighted by Crippen LogP contribution is -2.43. The fourth-order valence-corrected chi connectivity index (χ4v) is 4.78. The second kappa shape index (κ2) is 12.7. The Morgan fingerprint density at radius 2 is 1.72 bits per heavy atom. The van der Waals surface area contributed by atoms with E-state index in [2.05, 4.69) is 5.32 Å². The number of ketones is 1. The van der Waals surface area contributed by atoms with Crippen LogP contribution in [0.4, 0.5) is 0 Å². The zero-order chi connectivity index (χ0) is 26.2. The first kappa shape index (κ1) is 27.5. The van der Waals surface area contributed by atoms with E-state index in [-0.39, 0.29) is 18.3 Å². The number of esters is 2. The molecule has 1 aliphatic carbocycles. The van der Waals surface area contributed by atoms with Crippen LogP contribution in [0.5, 0.6) is 5.75 Å². The Labute approximate surface area is 213 Å². The molecular weight excluding hydrogens is 462 g/mol. The lowest BCUT2D eigenvalue weighted by atomic mass is 9.69. The lowest BCUT2D eigenvalue weighted by molar-refractivity contribution is -0.151. The Kier molecular flexibility index (Phi) is 9.70. The van der Waals surface area contributed by atoms with E-state index in [4.69, 9.17) is 18.9 Å². The molecule has 0 saturated heterocycles. The van der Waals surface area contributed by atoms with Crippen LogP contribution < -0.4 is 10.1 Å². The molecular formula is C28H37NO7. The number of hydrogen-bond donors (Lipinski definition) is 1. The fraction of sp³-hybridized carbons (Fsp3) is 0.536. The van der Waals surface area contributed by atoms with Crippen LogP contribution in [0, 0.1) is 11.8 Å². The molecule has 0 radical (unpaired) electrons. The molecule has 0 fully saturated rings. The van der Waals surface area contributed by atoms with Crippen molar-refractivity contribution < 1.29 is 33.3 Å². The number of hydrogen-bond acceptors (Lipinski definition) is 8. The van der Waals surface area contributed by atoms with E-state index in [1.54, 1.807) is 6.92 Å². The summed E-state index contributed by atoms with van der Waals surface area (Å²) in [7, 11) is 1.28. The predicted molar refractivity (Wildman–Crippen MR) is 134 cm³/mol. The standard InChI is InChI=1S/C28H37NO7/c1-6-12-34-14-15-36-28(32)23-18(4)29-21-16-17(3)22(27(31)33-5)26(30)25(21)24(23)19-8-10-20(11-9-19)35-13-7-2/h8-11,17,22,24,29H,6-7,12-16H2,1-5H3/t17-,22+,24-/m1/s1. The SMILES string of the molecule is CCCOCCOC(=O)C1=C(C)NC2=C(C(=O)[C@@H](C(=O)OC)[C@H](C)C2)[C@@H]1c1ccc(OCCC)cc1. The zero-order valence-corrected chi connectivity index (χ0v) is 21.8. The average Bonchev–Trinajstić information content (AvgIpc) is 2.86. The zero-order valence-electron chi connectivity index (χ0n) is 21.8. The minimum Gasteiger partial charge on any atom is -0.494 e. The maximum Gasteiger partial charge on any atom is 0.336 e. The van der Waals surface area contributed by atoms with Crippen molar-refractivity contribution in [3.8, 4) is 5.75 Å². The van der Waals surface area contributed by atoms with Gasteiger partial charge in [0.15, 0.2) is 5.78 Å². The lowest BCUT2D eigenvalue weighted by Gasteiger charge is -2.38. The second-order valence-corrected chi connectivity index (χ2v) is 9.20. The van der Waals surface area contributed by atoms with Crippen LogP contribution in [0.25, 0.3) is 0 Å². The number of allylic oxidation sites excluding steroid dienone is 3. The molecule has 0 bridgehead atoms. The van der Waals surface area contributed by atoms with Gasteiger partial charge in [-0.25, -0.2) is 4.79 Å². The topological polar surface area (TPSA) is 100 Å². The Bertz CT molecular complexity index is 1020. The molecule has 8 heteroatoms. The number of ether oxygens (including phenoxy) is 4. The molecule has 0 amide bonds. The summed E-state index contributed by atoms with van der Waals surface area (Å²) in [4.78, 5) is 39.6. The molecule has 0 spiro atoms. The molecule has 1 aromatic carbocycles. The highest BCUT2D eigenvalue weighted by molar-refractivity contribution is 6.12. The maximum absolute atomic E-state index is 13.8. The number of carbonyl (C=O) groups excluding carboxylic acids is 3. The van der Waals surface area contributed by atoms with Gasteiger partial charge in [-0.05, 0) is 49.8 Å². The first-order chi connectivity index (χ1) is 17.3. The molecule has 1 aromatic rings. The smallest absolute Gasteiger partial charge is 0.336 e. The number of dihydropyridines is 1. The predicted octanol–water partition coefficient (Wildman–Crippen LogP) is 4.06. The summed E-state index contributed by atoms with van der Waals surface area (Å²) < 4.78 is 21.6. The Morgan fingerprint density at radius 1 is 1.03 bits per heavy atom. The van der Waals surface area contributed by atoms with Crippen LogP contribution in [0.15, 0.2) is 46.8 Å². The molecule has 3 rings (SSSR count). The van der Waals surface area contributed by atoms with Crippen molar-refractivity contribution in [1.82, 2.24) is 5.32 Å². The molecule has 36 heavy (non-hydrogen) atoms. The molecule has 1 heterocycles. The van der Waals surface area contributed by atoms with Crippen LogP contribution in [-0.2, 0) is 28.6 Å². The number of nitrogens with one attached hydrogen (secondary N) is 1. The van der Waals surface area contributed by atoms with Gasteiger partial charge in [-0.3, -0.25) is 9.59 Å². The molecule has 0 aromatic heterocycles. The van der Waals surface area contributed by atoms with Gasteiger partial charge in [-0.2, -0.15) is 0 Å². The normalized spacial score (nSPS) is 21.6. The number of rotatable bonds is 11. The summed E-state index contributed by atoms with van der Waals surface area (Å²) in [6.07, 6.45) is 2.24. The molecule has 2 aliphatic rings. The van der Waals surface area contributed by atoms with Crippen LogP contribution in [0.1, 0.15) is 58.4 Å². The van der Waals surface area contributed by atoms with Crippen LogP contribution in [0.3, 0.4) is 0 Å². The number of methoxy groups -OCH3 is 1. The minimum atomic E-state index is -0.927. The molecule has 196 valence electrons. The minimum absolute atomic E-state index is 0.105. The number of carbonyl (C=O) groups is 3. The van der Waals surface area contributed by atoms with E-state index >= 15 is 0 Å². The third-order valence-electron chi connectivity index (χ3n) is 6.46. The summed E-state index contributed by atoms with van der Waals surface area (Å²) in [6.45, 7) is 9.29. The highest BCUT2D eigenvalue weighted by atomic mass is 16.6. The largest absolute Gasteiger partial charge is 0.494 e. The molecule has 0 unspecified atom stereocenters. The highest BCUT2D eigenvalue weighted by Crippen LogP contribution is 2.45. The van der Waals surface area contributed by atoms with Gasteiger partial charge in [0.1, 0.15) is 18.3 Å². The van der Waals surface area contributed by atoms with Crippen molar-refractivity contribution in [3.05, 3.63) is 52.4 Å². The van der Waals surface area contributed by atoms with E-state index in [1.165, 1.54) is 7.11 Å². The Hall–Kier alpha value is -3.13. The first-order valence-electron chi connectivity index (χ1n) is 12.6.